The van der Waals surface area contributed by atoms with Crippen LogP contribution in [0.5, 0.6) is 0 Å². The summed E-state index contributed by atoms with van der Waals surface area (Å²) in [5, 5.41) is 5.32. The fourth-order valence-electron chi connectivity index (χ4n) is 1.42. The lowest BCUT2D eigenvalue weighted by Gasteiger charge is -2.07. The molecule has 0 aromatic carbocycles. The van der Waals surface area contributed by atoms with Crippen LogP contribution in [0.4, 0.5) is 0 Å². The van der Waals surface area contributed by atoms with Gasteiger partial charge in [0.1, 0.15) is 10.4 Å². The molecular weight excluding hydrogens is 316 g/mol. The van der Waals surface area contributed by atoms with Crippen LogP contribution in [0.2, 0.25) is 4.34 Å². The molecule has 0 spiro atoms. The van der Waals surface area contributed by atoms with Gasteiger partial charge in [-0.3, -0.25) is 9.59 Å². The Balaban J connectivity index is 2.05. The van der Waals surface area contributed by atoms with Crippen LogP contribution in [0.25, 0.3) is 0 Å². The van der Waals surface area contributed by atoms with Crippen molar-refractivity contribution in [2.75, 3.05) is 6.54 Å². The summed E-state index contributed by atoms with van der Waals surface area (Å²) in [4.78, 5) is 23.5. The van der Waals surface area contributed by atoms with E-state index in [1.807, 2.05) is 0 Å². The van der Waals surface area contributed by atoms with Crippen LogP contribution >= 0.6 is 38.9 Å². The zero-order chi connectivity index (χ0) is 11.7. The highest BCUT2D eigenvalue weighted by Crippen LogP contribution is 2.31. The van der Waals surface area contributed by atoms with Gasteiger partial charge in [0, 0.05) is 11.0 Å². The Labute approximate surface area is 109 Å². The number of halogens is 2. The minimum atomic E-state index is -0.424. The minimum absolute atomic E-state index is 0.130. The Bertz CT molecular complexity index is 429. The first-order valence-electron chi connectivity index (χ1n) is 4.61. The summed E-state index contributed by atoms with van der Waals surface area (Å²) in [6.07, 6.45) is 0.630. The molecule has 0 saturated carbocycles. The second kappa shape index (κ2) is 4.73. The predicted molar refractivity (Wildman–Crippen MR) is 65.9 cm³/mol. The number of amides is 2. The number of rotatable bonds is 2. The second-order valence-electron chi connectivity index (χ2n) is 3.34. The first kappa shape index (κ1) is 11.9. The van der Waals surface area contributed by atoms with E-state index in [0.29, 0.717) is 26.7 Å². The first-order valence-corrected chi connectivity index (χ1v) is 6.60. The lowest BCUT2D eigenvalue weighted by Crippen LogP contribution is -2.39. The van der Waals surface area contributed by atoms with Gasteiger partial charge in [0.25, 0.3) is 5.91 Å². The standard InChI is InChI=1S/C9H8BrClN2O2S/c10-4-3-6(16-7(4)11)9(15)13-5-1-2-12-8(5)14/h3,5H,1-2H2,(H,12,14)(H,13,15). The maximum Gasteiger partial charge on any atom is 0.262 e. The maximum absolute atomic E-state index is 11.8. The topological polar surface area (TPSA) is 58.2 Å². The molecule has 1 atom stereocenters. The molecule has 1 aliphatic heterocycles. The van der Waals surface area contributed by atoms with Gasteiger partial charge in [0.2, 0.25) is 5.91 Å². The van der Waals surface area contributed by atoms with E-state index < -0.39 is 6.04 Å². The second-order valence-corrected chi connectivity index (χ2v) is 5.85. The molecule has 7 heteroatoms. The van der Waals surface area contributed by atoms with Crippen LogP contribution in [0, 0.1) is 0 Å². The highest BCUT2D eigenvalue weighted by Gasteiger charge is 2.26. The van der Waals surface area contributed by atoms with E-state index in [0.717, 1.165) is 0 Å². The largest absolute Gasteiger partial charge is 0.354 e. The van der Waals surface area contributed by atoms with Crippen LogP contribution in [-0.4, -0.2) is 24.4 Å². The number of carbonyl (C=O) groups excluding carboxylic acids is 2. The molecule has 0 aliphatic carbocycles. The highest BCUT2D eigenvalue weighted by molar-refractivity contribution is 9.10. The smallest absolute Gasteiger partial charge is 0.262 e. The SMILES string of the molecule is O=C(NC1CCNC1=O)c1cc(Br)c(Cl)s1. The van der Waals surface area contributed by atoms with Crippen molar-refractivity contribution in [3.8, 4) is 0 Å². The molecule has 4 nitrogen and oxygen atoms in total. The van der Waals surface area contributed by atoms with Crippen molar-refractivity contribution < 1.29 is 9.59 Å². The van der Waals surface area contributed by atoms with E-state index in [1.165, 1.54) is 11.3 Å². The number of hydrogen-bond acceptors (Lipinski definition) is 3. The van der Waals surface area contributed by atoms with Crippen LogP contribution in [0.1, 0.15) is 16.1 Å². The van der Waals surface area contributed by atoms with E-state index in [-0.39, 0.29) is 11.8 Å². The van der Waals surface area contributed by atoms with Gasteiger partial charge in [-0.05, 0) is 28.4 Å². The zero-order valence-corrected chi connectivity index (χ0v) is 11.2. The molecule has 16 heavy (non-hydrogen) atoms. The molecule has 1 aliphatic rings. The van der Waals surface area contributed by atoms with E-state index in [2.05, 4.69) is 26.6 Å². The molecule has 1 saturated heterocycles. The van der Waals surface area contributed by atoms with Crippen molar-refractivity contribution in [1.82, 2.24) is 10.6 Å². The van der Waals surface area contributed by atoms with Gasteiger partial charge in [0.05, 0.1) is 4.88 Å². The Hall–Kier alpha value is -0.590. The van der Waals surface area contributed by atoms with Gasteiger partial charge in [-0.15, -0.1) is 11.3 Å². The summed E-state index contributed by atoms with van der Waals surface area (Å²) < 4.78 is 1.22. The maximum atomic E-state index is 11.8. The molecule has 0 bridgehead atoms. The van der Waals surface area contributed by atoms with Gasteiger partial charge < -0.3 is 10.6 Å². The Morgan fingerprint density at radius 3 is 2.94 bits per heavy atom. The molecule has 86 valence electrons. The molecule has 1 aromatic heterocycles. The van der Waals surface area contributed by atoms with Gasteiger partial charge in [-0.2, -0.15) is 0 Å². The fourth-order valence-corrected chi connectivity index (χ4v) is 3.02. The highest BCUT2D eigenvalue weighted by atomic mass is 79.9. The molecule has 2 rings (SSSR count). The zero-order valence-electron chi connectivity index (χ0n) is 8.05. The van der Waals surface area contributed by atoms with Crippen molar-refractivity contribution in [1.29, 1.82) is 0 Å². The monoisotopic (exact) mass is 322 g/mol. The van der Waals surface area contributed by atoms with Crippen molar-refractivity contribution in [2.24, 2.45) is 0 Å². The van der Waals surface area contributed by atoms with Gasteiger partial charge in [-0.25, -0.2) is 0 Å². The predicted octanol–water partition coefficient (Wildman–Crippen LogP) is 1.78. The molecule has 0 radical (unpaired) electrons. The minimum Gasteiger partial charge on any atom is -0.354 e. The third-order valence-corrected chi connectivity index (χ3v) is 4.70. The number of carbonyl (C=O) groups is 2. The average Bonchev–Trinajstić information content (AvgIpc) is 2.76. The molecule has 1 unspecified atom stereocenters. The van der Waals surface area contributed by atoms with Gasteiger partial charge in [0.15, 0.2) is 0 Å². The molecule has 2 heterocycles. The summed E-state index contributed by atoms with van der Waals surface area (Å²) in [6.45, 7) is 0.610. The number of thiophene rings is 1. The van der Waals surface area contributed by atoms with E-state index in [4.69, 9.17) is 11.6 Å². The molecular formula is C9H8BrClN2O2S. The normalized spacial score (nSPS) is 19.6. The van der Waals surface area contributed by atoms with Crippen molar-refractivity contribution in [3.05, 3.63) is 19.8 Å². The summed E-state index contributed by atoms with van der Waals surface area (Å²) >= 11 is 10.2. The Morgan fingerprint density at radius 2 is 2.44 bits per heavy atom. The average molecular weight is 324 g/mol. The lowest BCUT2D eigenvalue weighted by molar-refractivity contribution is -0.120. The van der Waals surface area contributed by atoms with Crippen LogP contribution in [0.15, 0.2) is 10.5 Å². The summed E-state index contributed by atoms with van der Waals surface area (Å²) in [5.41, 5.74) is 0. The summed E-state index contributed by atoms with van der Waals surface area (Å²) in [5.74, 6) is -0.394. The molecule has 1 fully saturated rings. The van der Waals surface area contributed by atoms with Crippen molar-refractivity contribution in [3.63, 3.8) is 0 Å². The fraction of sp³-hybridized carbons (Fsp3) is 0.333. The van der Waals surface area contributed by atoms with Crippen LogP contribution in [-0.2, 0) is 4.79 Å². The summed E-state index contributed by atoms with van der Waals surface area (Å²) in [7, 11) is 0. The van der Waals surface area contributed by atoms with E-state index in [9.17, 15) is 9.59 Å². The van der Waals surface area contributed by atoms with Crippen LogP contribution in [0.3, 0.4) is 0 Å². The number of hydrogen-bond donors (Lipinski definition) is 2. The Morgan fingerprint density at radius 1 is 1.69 bits per heavy atom. The number of nitrogens with one attached hydrogen (secondary N) is 2. The first-order chi connectivity index (χ1) is 7.58. The lowest BCUT2D eigenvalue weighted by atomic mass is 10.2. The molecule has 2 amide bonds. The van der Waals surface area contributed by atoms with Crippen molar-refractivity contribution in [2.45, 2.75) is 12.5 Å². The van der Waals surface area contributed by atoms with Crippen molar-refractivity contribution >= 4 is 50.7 Å². The van der Waals surface area contributed by atoms with Gasteiger partial charge in [-0.1, -0.05) is 11.6 Å². The third kappa shape index (κ3) is 2.39. The van der Waals surface area contributed by atoms with Gasteiger partial charge >= 0.3 is 0 Å². The summed E-state index contributed by atoms with van der Waals surface area (Å²) in [6, 6.07) is 1.22. The quantitative estimate of drug-likeness (QED) is 0.871. The van der Waals surface area contributed by atoms with E-state index >= 15 is 0 Å². The van der Waals surface area contributed by atoms with E-state index in [1.54, 1.807) is 6.07 Å². The van der Waals surface area contributed by atoms with Crippen LogP contribution < -0.4 is 10.6 Å². The molecule has 2 N–H and O–H groups in total. The third-order valence-electron chi connectivity index (χ3n) is 2.22. The Kier molecular flexibility index (Phi) is 3.51. The molecule has 1 aromatic rings.